The number of nitrogens with one attached hydrogen (secondary N) is 2. The van der Waals surface area contributed by atoms with Gasteiger partial charge < -0.3 is 15.7 Å². The minimum absolute atomic E-state index is 0.0708. The Kier molecular flexibility index (Phi) is 5.30. The lowest BCUT2D eigenvalue weighted by Crippen LogP contribution is -2.17. The van der Waals surface area contributed by atoms with Gasteiger partial charge >= 0.3 is 5.97 Å². The van der Waals surface area contributed by atoms with Crippen molar-refractivity contribution in [2.45, 2.75) is 19.8 Å². The van der Waals surface area contributed by atoms with Crippen LogP contribution in [0.25, 0.3) is 10.9 Å². The predicted molar refractivity (Wildman–Crippen MR) is 85.0 cm³/mol. The van der Waals surface area contributed by atoms with Gasteiger partial charge in [0, 0.05) is 35.4 Å². The second kappa shape index (κ2) is 7.40. The lowest BCUT2D eigenvalue weighted by atomic mass is 10.0. The molecular formula is C16H19N3O3. The molecule has 0 radical (unpaired) electrons. The number of para-hydroxylation sites is 1. The summed E-state index contributed by atoms with van der Waals surface area (Å²) in [6.45, 7) is 3.04. The molecule has 6 heteroatoms. The van der Waals surface area contributed by atoms with Gasteiger partial charge in [-0.3, -0.25) is 14.6 Å². The van der Waals surface area contributed by atoms with E-state index < -0.39 is 5.97 Å². The van der Waals surface area contributed by atoms with Crippen LogP contribution >= 0.6 is 0 Å². The average Bonchev–Trinajstić information content (AvgIpc) is 2.49. The number of fused-ring (bicyclic) bond motifs is 1. The summed E-state index contributed by atoms with van der Waals surface area (Å²) >= 11 is 0. The Labute approximate surface area is 128 Å². The number of amides is 1. The first-order valence-corrected chi connectivity index (χ1v) is 7.14. The van der Waals surface area contributed by atoms with Crippen molar-refractivity contribution in [3.8, 4) is 0 Å². The molecule has 0 aliphatic rings. The van der Waals surface area contributed by atoms with Crippen LogP contribution in [0.2, 0.25) is 0 Å². The van der Waals surface area contributed by atoms with E-state index in [1.807, 2.05) is 31.2 Å². The third-order valence-electron chi connectivity index (χ3n) is 3.41. The maximum Gasteiger partial charge on any atom is 0.307 e. The topological polar surface area (TPSA) is 91.3 Å². The number of pyridine rings is 1. The minimum atomic E-state index is -0.883. The maximum atomic E-state index is 11.1. The minimum Gasteiger partial charge on any atom is -0.481 e. The fraction of sp³-hybridized carbons (Fsp3) is 0.312. The summed E-state index contributed by atoms with van der Waals surface area (Å²) in [5.41, 5.74) is 3.07. The van der Waals surface area contributed by atoms with Crippen LogP contribution in [-0.4, -0.2) is 35.6 Å². The summed E-state index contributed by atoms with van der Waals surface area (Å²) in [6.07, 6.45) is 1.35. The van der Waals surface area contributed by atoms with E-state index in [1.165, 1.54) is 0 Å². The van der Waals surface area contributed by atoms with E-state index in [1.54, 1.807) is 0 Å². The number of anilines is 1. The van der Waals surface area contributed by atoms with Gasteiger partial charge in [-0.2, -0.15) is 0 Å². The lowest BCUT2D eigenvalue weighted by Gasteiger charge is -2.16. The largest absolute Gasteiger partial charge is 0.481 e. The van der Waals surface area contributed by atoms with Crippen molar-refractivity contribution in [3.63, 3.8) is 0 Å². The zero-order chi connectivity index (χ0) is 15.9. The van der Waals surface area contributed by atoms with Crippen molar-refractivity contribution >= 4 is 29.0 Å². The average molecular weight is 301 g/mol. The summed E-state index contributed by atoms with van der Waals surface area (Å²) in [4.78, 5) is 25.8. The molecule has 116 valence electrons. The van der Waals surface area contributed by atoms with Crippen molar-refractivity contribution in [2.75, 3.05) is 18.4 Å². The zero-order valence-corrected chi connectivity index (χ0v) is 12.4. The molecule has 0 saturated heterocycles. The van der Waals surface area contributed by atoms with Gasteiger partial charge in [-0.1, -0.05) is 18.2 Å². The first-order chi connectivity index (χ1) is 10.6. The molecule has 3 N–H and O–H groups in total. The first-order valence-electron chi connectivity index (χ1n) is 7.14. The molecule has 1 amide bonds. The Bertz CT molecular complexity index is 686. The number of aromatic nitrogens is 1. The molecule has 6 nitrogen and oxygen atoms in total. The van der Waals surface area contributed by atoms with Crippen LogP contribution in [0.1, 0.15) is 17.7 Å². The van der Waals surface area contributed by atoms with Gasteiger partial charge in [0.1, 0.15) is 0 Å². The summed E-state index contributed by atoms with van der Waals surface area (Å²) in [7, 11) is 0. The number of carboxylic acids is 1. The molecule has 22 heavy (non-hydrogen) atoms. The number of nitrogens with zero attached hydrogens (tertiary/aromatic N) is 1. The lowest BCUT2D eigenvalue weighted by molar-refractivity contribution is -0.136. The summed E-state index contributed by atoms with van der Waals surface area (Å²) < 4.78 is 0. The van der Waals surface area contributed by atoms with E-state index in [-0.39, 0.29) is 6.42 Å². The fourth-order valence-corrected chi connectivity index (χ4v) is 2.41. The monoisotopic (exact) mass is 301 g/mol. The maximum absolute atomic E-state index is 11.1. The van der Waals surface area contributed by atoms with E-state index in [4.69, 9.17) is 5.11 Å². The summed E-state index contributed by atoms with van der Waals surface area (Å²) in [6, 6.07) is 7.65. The number of aliphatic carboxylic acids is 1. The van der Waals surface area contributed by atoms with Crippen molar-refractivity contribution in [3.05, 3.63) is 35.5 Å². The first kappa shape index (κ1) is 15.8. The Morgan fingerprint density at radius 3 is 2.82 bits per heavy atom. The molecule has 0 unspecified atom stereocenters. The third-order valence-corrected chi connectivity index (χ3v) is 3.41. The number of rotatable bonds is 8. The molecule has 0 fully saturated rings. The molecule has 1 aromatic carbocycles. The molecule has 2 aromatic rings. The number of aryl methyl sites for hydroxylation is 1. The Morgan fingerprint density at radius 2 is 2.09 bits per heavy atom. The molecule has 1 aromatic heterocycles. The van der Waals surface area contributed by atoms with Crippen LogP contribution in [0.15, 0.2) is 24.3 Å². The van der Waals surface area contributed by atoms with Crippen LogP contribution < -0.4 is 10.6 Å². The van der Waals surface area contributed by atoms with E-state index >= 15 is 0 Å². The Hall–Kier alpha value is -2.63. The SMILES string of the molecule is Cc1nc2ccccc2c(NCCCNC=O)c1CC(=O)O. The zero-order valence-electron chi connectivity index (χ0n) is 12.4. The van der Waals surface area contributed by atoms with Gasteiger partial charge in [0.2, 0.25) is 6.41 Å². The van der Waals surface area contributed by atoms with Crippen LogP contribution in [-0.2, 0) is 16.0 Å². The quantitative estimate of drug-likeness (QED) is 0.510. The number of carbonyl (C=O) groups is 2. The van der Waals surface area contributed by atoms with Gasteiger partial charge in [0.25, 0.3) is 0 Å². The second-order valence-electron chi connectivity index (χ2n) is 4.99. The standard InChI is InChI=1S/C16H19N3O3/c1-11-13(9-15(21)22)16(18-8-4-7-17-10-20)12-5-2-3-6-14(12)19-11/h2-3,5-6,10H,4,7-9H2,1H3,(H,17,20)(H,18,19)(H,21,22). The van der Waals surface area contributed by atoms with Gasteiger partial charge in [-0.05, 0) is 19.4 Å². The normalized spacial score (nSPS) is 10.4. The van der Waals surface area contributed by atoms with Crippen LogP contribution in [0, 0.1) is 6.92 Å². The number of carboxylic acid groups (broad SMARTS) is 1. The highest BCUT2D eigenvalue weighted by molar-refractivity contribution is 5.94. The summed E-state index contributed by atoms with van der Waals surface area (Å²) in [5.74, 6) is -0.883. The van der Waals surface area contributed by atoms with Crippen LogP contribution in [0.3, 0.4) is 0 Å². The smallest absolute Gasteiger partial charge is 0.307 e. The molecule has 0 aliphatic carbocycles. The van der Waals surface area contributed by atoms with Gasteiger partial charge in [-0.25, -0.2) is 0 Å². The fourth-order valence-electron chi connectivity index (χ4n) is 2.41. The molecule has 0 spiro atoms. The van der Waals surface area contributed by atoms with E-state index in [0.717, 1.165) is 28.7 Å². The molecule has 0 aliphatic heterocycles. The Morgan fingerprint density at radius 1 is 1.32 bits per heavy atom. The van der Waals surface area contributed by atoms with Crippen molar-refractivity contribution in [1.82, 2.24) is 10.3 Å². The second-order valence-corrected chi connectivity index (χ2v) is 4.99. The van der Waals surface area contributed by atoms with E-state index in [0.29, 0.717) is 25.1 Å². The molecule has 0 saturated carbocycles. The molecule has 0 atom stereocenters. The molecular weight excluding hydrogens is 282 g/mol. The van der Waals surface area contributed by atoms with E-state index in [9.17, 15) is 9.59 Å². The van der Waals surface area contributed by atoms with Crippen LogP contribution in [0.5, 0.6) is 0 Å². The van der Waals surface area contributed by atoms with Gasteiger partial charge in [0.05, 0.1) is 11.9 Å². The molecule has 0 bridgehead atoms. The van der Waals surface area contributed by atoms with Gasteiger partial charge in [-0.15, -0.1) is 0 Å². The van der Waals surface area contributed by atoms with Crippen molar-refractivity contribution < 1.29 is 14.7 Å². The third kappa shape index (κ3) is 3.72. The number of hydrogen-bond acceptors (Lipinski definition) is 4. The number of hydrogen-bond donors (Lipinski definition) is 3. The van der Waals surface area contributed by atoms with E-state index in [2.05, 4.69) is 15.6 Å². The number of carbonyl (C=O) groups excluding carboxylic acids is 1. The number of benzene rings is 1. The van der Waals surface area contributed by atoms with Crippen LogP contribution in [0.4, 0.5) is 5.69 Å². The highest BCUT2D eigenvalue weighted by atomic mass is 16.4. The van der Waals surface area contributed by atoms with Crippen molar-refractivity contribution in [2.24, 2.45) is 0 Å². The highest BCUT2D eigenvalue weighted by Crippen LogP contribution is 2.28. The highest BCUT2D eigenvalue weighted by Gasteiger charge is 2.14. The predicted octanol–water partition coefficient (Wildman–Crippen LogP) is 1.72. The van der Waals surface area contributed by atoms with Gasteiger partial charge in [0.15, 0.2) is 0 Å². The molecule has 1 heterocycles. The van der Waals surface area contributed by atoms with Crippen molar-refractivity contribution in [1.29, 1.82) is 0 Å². The summed E-state index contributed by atoms with van der Waals surface area (Å²) in [5, 5.41) is 15.9. The Balaban J connectivity index is 2.33. The molecule has 2 rings (SSSR count).